The standard InChI is InChI=1S/C16H23N3O/c1-17-16(19-15-9-5-6-10-15)18-11-12-20-13-14-7-3-2-4-8-14/h2-8,15H,9-13H2,1H3,(H2,17,18,19). The van der Waals surface area contributed by atoms with Crippen molar-refractivity contribution in [2.24, 2.45) is 4.99 Å². The molecule has 4 nitrogen and oxygen atoms in total. The Morgan fingerprint density at radius 1 is 1.25 bits per heavy atom. The Morgan fingerprint density at radius 2 is 2.00 bits per heavy atom. The molecule has 0 spiro atoms. The van der Waals surface area contributed by atoms with Crippen LogP contribution in [0.2, 0.25) is 0 Å². The lowest BCUT2D eigenvalue weighted by Gasteiger charge is -2.16. The van der Waals surface area contributed by atoms with E-state index >= 15 is 0 Å². The van der Waals surface area contributed by atoms with Crippen molar-refractivity contribution in [3.05, 3.63) is 48.0 Å². The Bertz CT molecular complexity index is 434. The third-order valence-electron chi connectivity index (χ3n) is 3.22. The first-order valence-corrected chi connectivity index (χ1v) is 7.12. The quantitative estimate of drug-likeness (QED) is 0.361. The van der Waals surface area contributed by atoms with Gasteiger partial charge in [0.25, 0.3) is 0 Å². The SMILES string of the molecule is CN=C(NCCOCc1ccccc1)NC1CC=CC1. The number of guanidine groups is 1. The molecule has 1 aromatic carbocycles. The van der Waals surface area contributed by atoms with Crippen molar-refractivity contribution < 1.29 is 4.74 Å². The van der Waals surface area contributed by atoms with Gasteiger partial charge >= 0.3 is 0 Å². The summed E-state index contributed by atoms with van der Waals surface area (Å²) >= 11 is 0. The van der Waals surface area contributed by atoms with Gasteiger partial charge in [-0.3, -0.25) is 4.99 Å². The minimum Gasteiger partial charge on any atom is -0.375 e. The van der Waals surface area contributed by atoms with E-state index in [-0.39, 0.29) is 0 Å². The molecule has 0 amide bonds. The van der Waals surface area contributed by atoms with Gasteiger partial charge in [-0.25, -0.2) is 0 Å². The van der Waals surface area contributed by atoms with Gasteiger partial charge in [-0.05, 0) is 18.4 Å². The highest BCUT2D eigenvalue weighted by atomic mass is 16.5. The van der Waals surface area contributed by atoms with Crippen LogP contribution in [0.3, 0.4) is 0 Å². The first kappa shape index (κ1) is 14.6. The fourth-order valence-electron chi connectivity index (χ4n) is 2.13. The molecule has 0 saturated carbocycles. The van der Waals surface area contributed by atoms with Crippen LogP contribution < -0.4 is 10.6 Å². The van der Waals surface area contributed by atoms with Crippen LogP contribution in [-0.2, 0) is 11.3 Å². The van der Waals surface area contributed by atoms with Crippen molar-refractivity contribution in [3.8, 4) is 0 Å². The van der Waals surface area contributed by atoms with Gasteiger partial charge in [0.1, 0.15) is 0 Å². The maximum absolute atomic E-state index is 5.63. The zero-order chi connectivity index (χ0) is 14.0. The van der Waals surface area contributed by atoms with E-state index in [0.29, 0.717) is 19.3 Å². The van der Waals surface area contributed by atoms with Gasteiger partial charge in [-0.2, -0.15) is 0 Å². The van der Waals surface area contributed by atoms with E-state index in [1.807, 2.05) is 18.2 Å². The van der Waals surface area contributed by atoms with Crippen LogP contribution in [0, 0.1) is 0 Å². The molecule has 1 aliphatic rings. The van der Waals surface area contributed by atoms with E-state index in [4.69, 9.17) is 4.74 Å². The summed E-state index contributed by atoms with van der Waals surface area (Å²) in [6.07, 6.45) is 6.55. The van der Waals surface area contributed by atoms with Gasteiger partial charge < -0.3 is 15.4 Å². The molecular weight excluding hydrogens is 250 g/mol. The highest BCUT2D eigenvalue weighted by Gasteiger charge is 2.10. The van der Waals surface area contributed by atoms with Crippen LogP contribution in [0.15, 0.2) is 47.5 Å². The van der Waals surface area contributed by atoms with Crippen LogP contribution in [0.5, 0.6) is 0 Å². The van der Waals surface area contributed by atoms with E-state index in [9.17, 15) is 0 Å². The summed E-state index contributed by atoms with van der Waals surface area (Å²) < 4.78 is 5.63. The van der Waals surface area contributed by atoms with Crippen molar-refractivity contribution in [1.82, 2.24) is 10.6 Å². The maximum atomic E-state index is 5.63. The molecule has 4 heteroatoms. The largest absolute Gasteiger partial charge is 0.375 e. The summed E-state index contributed by atoms with van der Waals surface area (Å²) in [6.45, 7) is 2.08. The Balaban J connectivity index is 1.57. The van der Waals surface area contributed by atoms with E-state index in [1.54, 1.807) is 7.05 Å². The summed E-state index contributed by atoms with van der Waals surface area (Å²) in [5, 5.41) is 6.66. The molecule has 0 fully saturated rings. The summed E-state index contributed by atoms with van der Waals surface area (Å²) in [4.78, 5) is 4.22. The normalized spacial score (nSPS) is 15.6. The zero-order valence-electron chi connectivity index (χ0n) is 12.0. The average molecular weight is 273 g/mol. The Hall–Kier alpha value is -1.81. The van der Waals surface area contributed by atoms with Crippen LogP contribution >= 0.6 is 0 Å². The highest BCUT2D eigenvalue weighted by Crippen LogP contribution is 2.08. The number of ether oxygens (including phenoxy) is 1. The van der Waals surface area contributed by atoms with Crippen molar-refractivity contribution in [2.45, 2.75) is 25.5 Å². The molecule has 0 atom stereocenters. The van der Waals surface area contributed by atoms with E-state index in [2.05, 4.69) is 39.9 Å². The summed E-state index contributed by atoms with van der Waals surface area (Å²) in [6, 6.07) is 10.7. The number of nitrogens with one attached hydrogen (secondary N) is 2. The Kier molecular flexibility index (Phi) is 6.11. The van der Waals surface area contributed by atoms with E-state index in [1.165, 1.54) is 5.56 Å². The van der Waals surface area contributed by atoms with Gasteiger partial charge in [0.15, 0.2) is 5.96 Å². The van der Waals surface area contributed by atoms with Crippen LogP contribution in [0.25, 0.3) is 0 Å². The molecule has 0 aromatic heterocycles. The fourth-order valence-corrected chi connectivity index (χ4v) is 2.13. The van der Waals surface area contributed by atoms with Gasteiger partial charge in [0, 0.05) is 19.6 Å². The van der Waals surface area contributed by atoms with Crippen molar-refractivity contribution in [3.63, 3.8) is 0 Å². The topological polar surface area (TPSA) is 45.7 Å². The second kappa shape index (κ2) is 8.38. The Morgan fingerprint density at radius 3 is 2.70 bits per heavy atom. The van der Waals surface area contributed by atoms with Crippen LogP contribution in [0.4, 0.5) is 0 Å². The summed E-state index contributed by atoms with van der Waals surface area (Å²) in [5.41, 5.74) is 1.20. The highest BCUT2D eigenvalue weighted by molar-refractivity contribution is 5.80. The average Bonchev–Trinajstić information content (AvgIpc) is 3.00. The number of rotatable bonds is 6. The summed E-state index contributed by atoms with van der Waals surface area (Å²) in [7, 11) is 1.79. The second-order valence-corrected chi connectivity index (χ2v) is 4.82. The van der Waals surface area contributed by atoms with Gasteiger partial charge in [0.2, 0.25) is 0 Å². The molecule has 0 unspecified atom stereocenters. The van der Waals surface area contributed by atoms with Crippen LogP contribution in [0.1, 0.15) is 18.4 Å². The monoisotopic (exact) mass is 273 g/mol. The van der Waals surface area contributed by atoms with Crippen molar-refractivity contribution in [1.29, 1.82) is 0 Å². The molecule has 20 heavy (non-hydrogen) atoms. The van der Waals surface area contributed by atoms with Crippen molar-refractivity contribution >= 4 is 5.96 Å². The second-order valence-electron chi connectivity index (χ2n) is 4.82. The van der Waals surface area contributed by atoms with Crippen LogP contribution in [-0.4, -0.2) is 32.2 Å². The Labute approximate surface area is 120 Å². The third kappa shape index (κ3) is 5.05. The predicted octanol–water partition coefficient (Wildman–Crippen LogP) is 2.09. The lowest BCUT2D eigenvalue weighted by molar-refractivity contribution is 0.125. The predicted molar refractivity (Wildman–Crippen MR) is 82.8 cm³/mol. The number of aliphatic imine (C=N–C) groups is 1. The molecule has 1 aliphatic carbocycles. The minimum absolute atomic E-state index is 0.478. The minimum atomic E-state index is 0.478. The van der Waals surface area contributed by atoms with Gasteiger partial charge in [0.05, 0.1) is 13.2 Å². The van der Waals surface area contributed by atoms with E-state index in [0.717, 1.165) is 25.3 Å². The number of nitrogens with zero attached hydrogens (tertiary/aromatic N) is 1. The molecule has 0 aliphatic heterocycles. The lowest BCUT2D eigenvalue weighted by atomic mass is 10.2. The van der Waals surface area contributed by atoms with E-state index < -0.39 is 0 Å². The summed E-state index contributed by atoms with van der Waals surface area (Å²) in [5.74, 6) is 0.849. The molecule has 0 radical (unpaired) electrons. The molecule has 0 bridgehead atoms. The number of hydrogen-bond acceptors (Lipinski definition) is 2. The third-order valence-corrected chi connectivity index (χ3v) is 3.22. The number of benzene rings is 1. The molecule has 2 rings (SSSR count). The maximum Gasteiger partial charge on any atom is 0.191 e. The molecular formula is C16H23N3O. The van der Waals surface area contributed by atoms with Gasteiger partial charge in [-0.15, -0.1) is 0 Å². The lowest BCUT2D eigenvalue weighted by Crippen LogP contribution is -2.43. The molecule has 0 heterocycles. The molecule has 0 saturated heterocycles. The fraction of sp³-hybridized carbons (Fsp3) is 0.438. The molecule has 1 aromatic rings. The first-order chi connectivity index (χ1) is 9.88. The van der Waals surface area contributed by atoms with Crippen molar-refractivity contribution in [2.75, 3.05) is 20.2 Å². The molecule has 108 valence electrons. The zero-order valence-corrected chi connectivity index (χ0v) is 12.0. The smallest absolute Gasteiger partial charge is 0.191 e. The first-order valence-electron chi connectivity index (χ1n) is 7.12. The number of hydrogen-bond donors (Lipinski definition) is 2. The molecule has 2 N–H and O–H groups in total. The van der Waals surface area contributed by atoms with Gasteiger partial charge in [-0.1, -0.05) is 42.5 Å².